The smallest absolute Gasteiger partial charge is 0.0710 e. The van der Waals surface area contributed by atoms with Gasteiger partial charge in [0.25, 0.3) is 0 Å². The molecule has 0 bridgehead atoms. The summed E-state index contributed by atoms with van der Waals surface area (Å²) in [4.78, 5) is 2.49. The van der Waals surface area contributed by atoms with E-state index in [2.05, 4.69) is 267 Å². The van der Waals surface area contributed by atoms with Crippen molar-refractivity contribution in [2.75, 3.05) is 4.90 Å². The molecular weight excluding hydrogens is 867 g/mol. The highest BCUT2D eigenvalue weighted by molar-refractivity contribution is 6.26. The van der Waals surface area contributed by atoms with Crippen LogP contribution in [0.3, 0.4) is 0 Å². The Labute approximate surface area is 422 Å². The van der Waals surface area contributed by atoms with Gasteiger partial charge in [0.05, 0.1) is 11.1 Å². The molecule has 0 atom stereocenters. The van der Waals surface area contributed by atoms with E-state index in [1.807, 2.05) is 0 Å². The van der Waals surface area contributed by atoms with E-state index in [9.17, 15) is 0 Å². The lowest BCUT2D eigenvalue weighted by Crippen LogP contribution is -2.30. The number of benzene rings is 11. The highest BCUT2D eigenvalue weighted by Gasteiger charge is 2.47. The lowest BCUT2D eigenvalue weighted by atomic mass is 9.66. The largest absolute Gasteiger partial charge is 0.313 e. The lowest BCUT2D eigenvalue weighted by molar-refractivity contribution is 0.661. The van der Waals surface area contributed by atoms with E-state index in [1.165, 1.54) is 116 Å². The van der Waals surface area contributed by atoms with Crippen LogP contribution in [0.2, 0.25) is 0 Å². The van der Waals surface area contributed by atoms with Crippen molar-refractivity contribution in [3.05, 3.63) is 300 Å². The van der Waals surface area contributed by atoms with Crippen molar-refractivity contribution in [2.24, 2.45) is 0 Å². The molecule has 11 aromatic rings. The highest BCUT2D eigenvalue weighted by atomic mass is 15.2. The number of hydrogen-bond acceptors (Lipinski definition) is 1. The third kappa shape index (κ3) is 6.14. The first-order valence-electron chi connectivity index (χ1n) is 25.3. The number of hydrogen-bond donors (Lipinski definition) is 0. The monoisotopic (exact) mass is 917 g/mol. The normalized spacial score (nSPS) is 15.9. The van der Waals surface area contributed by atoms with Crippen LogP contribution in [0.15, 0.2) is 267 Å². The Morgan fingerprint density at radius 1 is 0.389 bits per heavy atom. The Hall–Kier alpha value is -8.78. The van der Waals surface area contributed by atoms with Crippen LogP contribution in [-0.4, -0.2) is 0 Å². The van der Waals surface area contributed by atoms with Gasteiger partial charge in [-0.3, -0.25) is 0 Å². The summed E-state index contributed by atoms with van der Waals surface area (Å²) < 4.78 is 0. The minimum Gasteiger partial charge on any atom is -0.313 e. The third-order valence-corrected chi connectivity index (χ3v) is 16.3. The van der Waals surface area contributed by atoms with Crippen LogP contribution in [0.4, 0.5) is 11.4 Å². The first-order valence-corrected chi connectivity index (χ1v) is 25.3. The van der Waals surface area contributed by atoms with Gasteiger partial charge in [-0.05, 0) is 153 Å². The maximum atomic E-state index is 4.92. The molecule has 72 heavy (non-hydrogen) atoms. The van der Waals surface area contributed by atoms with Gasteiger partial charge in [-0.25, -0.2) is 0 Å². The fourth-order valence-electron chi connectivity index (χ4n) is 13.0. The highest BCUT2D eigenvalue weighted by Crippen LogP contribution is 2.58. The molecule has 340 valence electrons. The molecule has 0 unspecified atom stereocenters. The van der Waals surface area contributed by atoms with E-state index < -0.39 is 5.41 Å². The van der Waals surface area contributed by atoms with Crippen molar-refractivity contribution in [2.45, 2.75) is 31.1 Å². The predicted octanol–water partition coefficient (Wildman–Crippen LogP) is 18.5. The van der Waals surface area contributed by atoms with Crippen LogP contribution in [-0.2, 0) is 17.3 Å². The molecule has 11 aromatic carbocycles. The maximum Gasteiger partial charge on any atom is 0.0710 e. The summed E-state index contributed by atoms with van der Waals surface area (Å²) in [6, 6.07) is 85.9. The number of allylic oxidation sites excluding steroid dienone is 5. The second kappa shape index (κ2) is 16.1. The molecule has 0 amide bonds. The van der Waals surface area contributed by atoms with Crippen LogP contribution >= 0.6 is 0 Å². The van der Waals surface area contributed by atoms with Gasteiger partial charge in [-0.1, -0.05) is 227 Å². The van der Waals surface area contributed by atoms with Gasteiger partial charge in [-0.15, -0.1) is 0 Å². The van der Waals surface area contributed by atoms with E-state index in [4.69, 9.17) is 6.58 Å². The zero-order valence-corrected chi connectivity index (χ0v) is 40.5. The first-order chi connectivity index (χ1) is 35.4. The van der Waals surface area contributed by atoms with E-state index in [0.717, 1.165) is 16.9 Å². The summed E-state index contributed by atoms with van der Waals surface area (Å²) >= 11 is 0. The molecule has 1 spiro atoms. The fourth-order valence-corrected chi connectivity index (χ4v) is 13.0. The molecule has 0 aromatic heterocycles. The minimum absolute atomic E-state index is 0.0780. The quantitative estimate of drug-likeness (QED) is 0.156. The summed E-state index contributed by atoms with van der Waals surface area (Å²) in [6.45, 7) is 9.67. The Kier molecular flexibility index (Phi) is 9.44. The zero-order valence-electron chi connectivity index (χ0n) is 40.5. The molecule has 0 saturated carbocycles. The van der Waals surface area contributed by atoms with Crippen molar-refractivity contribution in [1.82, 2.24) is 0 Å². The molecule has 0 aliphatic heterocycles. The van der Waals surface area contributed by atoms with Crippen LogP contribution in [0, 0.1) is 0 Å². The number of anilines is 2. The van der Waals surface area contributed by atoms with Crippen LogP contribution in [0.25, 0.3) is 76.8 Å². The average molecular weight is 918 g/mol. The number of rotatable bonds is 5. The maximum absolute atomic E-state index is 4.92. The number of para-hydroxylation sites is 1. The molecule has 0 radical (unpaired) electrons. The van der Waals surface area contributed by atoms with E-state index in [-0.39, 0.29) is 5.41 Å². The van der Waals surface area contributed by atoms with Crippen LogP contribution in [0.5, 0.6) is 0 Å². The molecule has 3 aliphatic rings. The first kappa shape index (κ1) is 42.1. The summed E-state index contributed by atoms with van der Waals surface area (Å²) in [5, 5.41) is 7.76. The molecule has 0 fully saturated rings. The lowest BCUT2D eigenvalue weighted by Gasteiger charge is -2.36. The Morgan fingerprint density at radius 3 is 1.62 bits per heavy atom. The summed E-state index contributed by atoms with van der Waals surface area (Å²) in [5.41, 5.74) is 21.7. The Bertz CT molecular complexity index is 4060. The summed E-state index contributed by atoms with van der Waals surface area (Å²) in [6.07, 6.45) is 7.50. The van der Waals surface area contributed by atoms with Crippen molar-refractivity contribution in [3.63, 3.8) is 0 Å². The third-order valence-electron chi connectivity index (χ3n) is 16.3. The van der Waals surface area contributed by atoms with Gasteiger partial charge in [0.15, 0.2) is 0 Å². The predicted molar refractivity (Wildman–Crippen MR) is 304 cm³/mol. The topological polar surface area (TPSA) is 3.24 Å². The number of nitrogens with zero attached hydrogens (tertiary/aromatic N) is 1. The average Bonchev–Trinajstić information content (AvgIpc) is 3.88. The van der Waals surface area contributed by atoms with Crippen molar-refractivity contribution in [1.29, 1.82) is 0 Å². The van der Waals surface area contributed by atoms with Crippen molar-refractivity contribution >= 4 is 43.7 Å². The molecular formula is C71H51N. The van der Waals surface area contributed by atoms with Crippen LogP contribution in [0.1, 0.15) is 47.2 Å². The Morgan fingerprint density at radius 2 is 0.917 bits per heavy atom. The SMILES string of the molecule is C=C1/C=C\C=C(\N(c2ccc(-c3ccc4c(c3)c3ccccc3c3cc5c(cc43)C(C)(C)c3ccccc3-5)cc2)c2ccccc2-c2ccccc2)Cc2ccccc2C12c1ccccc1-c1ccccc12. The summed E-state index contributed by atoms with van der Waals surface area (Å²) in [7, 11) is 0. The van der Waals surface area contributed by atoms with Crippen LogP contribution < -0.4 is 4.90 Å². The van der Waals surface area contributed by atoms with E-state index in [1.54, 1.807) is 0 Å². The van der Waals surface area contributed by atoms with Gasteiger partial charge in [0, 0.05) is 28.8 Å². The molecule has 3 aliphatic carbocycles. The molecule has 1 heteroatoms. The fraction of sp³-hybridized carbons (Fsp3) is 0.0704. The summed E-state index contributed by atoms with van der Waals surface area (Å²) in [5.74, 6) is 0. The number of fused-ring (bicyclic) bond motifs is 16. The molecule has 1 nitrogen and oxygen atoms in total. The zero-order chi connectivity index (χ0) is 48.1. The van der Waals surface area contributed by atoms with Gasteiger partial charge in [-0.2, -0.15) is 0 Å². The van der Waals surface area contributed by atoms with Gasteiger partial charge in [0.2, 0.25) is 0 Å². The molecule has 0 saturated heterocycles. The second-order valence-corrected chi connectivity index (χ2v) is 20.4. The van der Waals surface area contributed by atoms with Crippen molar-refractivity contribution < 1.29 is 0 Å². The standard InChI is InChI=1S/C71H51N/c1-46-20-19-24-52(42-50-23-7-14-31-64(50)71(46)66-33-16-11-28-57(66)58-29-12-17-34-67(58)71)72(69-35-18-13-25-53(69)48-21-5-4-6-22-48)51-39-36-47(37-40-51)49-38-41-56-60(43-49)54-26-8-9-27-55(54)61-44-63-59-30-10-15-32-65(59)70(2,3)68(63)45-62(56)61/h4-41,43-45H,1,42H2,2-3H3/b20-19-,52-24+. The Balaban J connectivity index is 0.914. The minimum atomic E-state index is -0.544. The van der Waals surface area contributed by atoms with Crippen molar-refractivity contribution in [3.8, 4) is 44.5 Å². The molecule has 14 rings (SSSR count). The molecule has 0 N–H and O–H groups in total. The second-order valence-electron chi connectivity index (χ2n) is 20.4. The van der Waals surface area contributed by atoms with Gasteiger partial charge in [0.1, 0.15) is 0 Å². The van der Waals surface area contributed by atoms with E-state index in [0.29, 0.717) is 6.42 Å². The van der Waals surface area contributed by atoms with Gasteiger partial charge >= 0.3 is 0 Å². The van der Waals surface area contributed by atoms with E-state index >= 15 is 0 Å². The molecule has 0 heterocycles. The van der Waals surface area contributed by atoms with Gasteiger partial charge < -0.3 is 4.90 Å².